The molecule has 0 N–H and O–H groups in total. The summed E-state index contributed by atoms with van der Waals surface area (Å²) in [6.07, 6.45) is 5.72. The number of carbonyl (C=O) groups excluding carboxylic acids is 1. The van der Waals surface area contributed by atoms with E-state index in [0.29, 0.717) is 29.8 Å². The van der Waals surface area contributed by atoms with Crippen LogP contribution < -0.4 is 0 Å². The molecule has 3 rings (SSSR count). The van der Waals surface area contributed by atoms with Crippen molar-refractivity contribution in [2.75, 3.05) is 59.9 Å². The summed E-state index contributed by atoms with van der Waals surface area (Å²) in [5, 5.41) is 0. The van der Waals surface area contributed by atoms with Gasteiger partial charge in [-0.15, -0.1) is 0 Å². The van der Waals surface area contributed by atoms with Crippen molar-refractivity contribution in [2.24, 2.45) is 11.8 Å². The summed E-state index contributed by atoms with van der Waals surface area (Å²) in [5.74, 6) is 1.71. The van der Waals surface area contributed by atoms with Crippen molar-refractivity contribution in [3.05, 3.63) is 0 Å². The Hall–Kier alpha value is -0.650. The van der Waals surface area contributed by atoms with E-state index in [1.807, 2.05) is 0 Å². The van der Waals surface area contributed by atoms with E-state index in [1.54, 1.807) is 0 Å². The lowest BCUT2D eigenvalue weighted by atomic mass is 9.91. The first-order valence-electron chi connectivity index (χ1n) is 10.8. The molecule has 5 nitrogen and oxygen atoms in total. The van der Waals surface area contributed by atoms with Crippen LogP contribution in [-0.2, 0) is 4.79 Å². The first kappa shape index (κ1) is 20.1. The van der Waals surface area contributed by atoms with Gasteiger partial charge in [0.15, 0.2) is 0 Å². The molecule has 0 atom stereocenters. The van der Waals surface area contributed by atoms with Crippen LogP contribution in [0.25, 0.3) is 0 Å². The third-order valence-corrected chi connectivity index (χ3v) is 6.72. The summed E-state index contributed by atoms with van der Waals surface area (Å²) in [4.78, 5) is 22.4. The van der Waals surface area contributed by atoms with Gasteiger partial charge in [-0.1, -0.05) is 13.8 Å². The highest BCUT2D eigenvalue weighted by atomic mass is 16.2. The molecule has 0 radical (unpaired) electrons. The SMILES string of the molecule is CC(C)CN(C1CCN(C)CC1)C1CN(C(=O)CC2CCN(C)CC2)C1. The Kier molecular flexibility index (Phi) is 6.98. The predicted molar refractivity (Wildman–Crippen MR) is 107 cm³/mol. The van der Waals surface area contributed by atoms with Crippen molar-refractivity contribution in [2.45, 2.75) is 58.0 Å². The first-order valence-corrected chi connectivity index (χ1v) is 10.8. The maximum absolute atomic E-state index is 12.7. The zero-order chi connectivity index (χ0) is 18.7. The lowest BCUT2D eigenvalue weighted by Crippen LogP contribution is -2.64. The Morgan fingerprint density at radius 1 is 0.923 bits per heavy atom. The number of nitrogens with zero attached hydrogens (tertiary/aromatic N) is 4. The Labute approximate surface area is 160 Å². The second kappa shape index (κ2) is 9.03. The molecule has 0 aromatic heterocycles. The fourth-order valence-electron chi connectivity index (χ4n) is 4.86. The minimum Gasteiger partial charge on any atom is -0.339 e. The summed E-state index contributed by atoms with van der Waals surface area (Å²) < 4.78 is 0. The first-order chi connectivity index (χ1) is 12.4. The molecular weight excluding hydrogens is 324 g/mol. The number of piperidine rings is 2. The van der Waals surface area contributed by atoms with Gasteiger partial charge in [0.1, 0.15) is 0 Å². The molecular formula is C21H40N4O. The molecule has 1 amide bonds. The van der Waals surface area contributed by atoms with Crippen LogP contribution in [0.3, 0.4) is 0 Å². The quantitative estimate of drug-likeness (QED) is 0.721. The lowest BCUT2D eigenvalue weighted by Gasteiger charge is -2.50. The number of likely N-dealkylation sites (tertiary alicyclic amines) is 3. The van der Waals surface area contributed by atoms with Gasteiger partial charge in [-0.3, -0.25) is 9.69 Å². The summed E-state index contributed by atoms with van der Waals surface area (Å²) in [7, 11) is 4.42. The average molecular weight is 365 g/mol. The largest absolute Gasteiger partial charge is 0.339 e. The number of hydrogen-bond donors (Lipinski definition) is 0. The van der Waals surface area contributed by atoms with E-state index in [0.717, 1.165) is 32.6 Å². The topological polar surface area (TPSA) is 30.0 Å². The summed E-state index contributed by atoms with van der Waals surface area (Å²) in [6.45, 7) is 12.5. The Balaban J connectivity index is 1.46. The van der Waals surface area contributed by atoms with Crippen LogP contribution in [0.4, 0.5) is 0 Å². The zero-order valence-corrected chi connectivity index (χ0v) is 17.5. The van der Waals surface area contributed by atoms with E-state index in [-0.39, 0.29) is 0 Å². The van der Waals surface area contributed by atoms with Gasteiger partial charge in [-0.2, -0.15) is 0 Å². The van der Waals surface area contributed by atoms with E-state index < -0.39 is 0 Å². The molecule has 150 valence electrons. The van der Waals surface area contributed by atoms with Gasteiger partial charge < -0.3 is 14.7 Å². The van der Waals surface area contributed by atoms with Crippen LogP contribution in [0.5, 0.6) is 0 Å². The zero-order valence-electron chi connectivity index (χ0n) is 17.5. The lowest BCUT2D eigenvalue weighted by molar-refractivity contribution is -0.141. The van der Waals surface area contributed by atoms with E-state index in [9.17, 15) is 4.79 Å². The molecule has 0 aromatic carbocycles. The van der Waals surface area contributed by atoms with Crippen molar-refractivity contribution in [1.29, 1.82) is 0 Å². The molecule has 26 heavy (non-hydrogen) atoms. The van der Waals surface area contributed by atoms with Crippen LogP contribution >= 0.6 is 0 Å². The molecule has 3 aliphatic rings. The predicted octanol–water partition coefficient (Wildman–Crippen LogP) is 1.98. The summed E-state index contributed by atoms with van der Waals surface area (Å²) in [5.41, 5.74) is 0. The average Bonchev–Trinajstić information content (AvgIpc) is 2.55. The Bertz CT molecular complexity index is 447. The van der Waals surface area contributed by atoms with E-state index >= 15 is 0 Å². The highest BCUT2D eigenvalue weighted by Crippen LogP contribution is 2.27. The van der Waals surface area contributed by atoms with Crippen molar-refractivity contribution < 1.29 is 4.79 Å². The molecule has 3 heterocycles. The molecule has 0 aliphatic carbocycles. The molecule has 3 aliphatic heterocycles. The molecule has 5 heteroatoms. The number of carbonyl (C=O) groups is 1. The summed E-state index contributed by atoms with van der Waals surface area (Å²) >= 11 is 0. The van der Waals surface area contributed by atoms with Gasteiger partial charge in [0.2, 0.25) is 5.91 Å². The molecule has 0 spiro atoms. The van der Waals surface area contributed by atoms with Crippen LogP contribution in [0.2, 0.25) is 0 Å². The van der Waals surface area contributed by atoms with E-state index in [2.05, 4.69) is 47.5 Å². The Morgan fingerprint density at radius 3 is 2.00 bits per heavy atom. The molecule has 0 aromatic rings. The molecule has 0 unspecified atom stereocenters. The number of amides is 1. The second-order valence-electron chi connectivity index (χ2n) is 9.53. The van der Waals surface area contributed by atoms with Crippen molar-refractivity contribution >= 4 is 5.91 Å². The highest BCUT2D eigenvalue weighted by molar-refractivity contribution is 5.77. The van der Waals surface area contributed by atoms with Gasteiger partial charge >= 0.3 is 0 Å². The maximum Gasteiger partial charge on any atom is 0.222 e. The number of hydrogen-bond acceptors (Lipinski definition) is 4. The van der Waals surface area contributed by atoms with Crippen molar-refractivity contribution in [3.63, 3.8) is 0 Å². The Morgan fingerprint density at radius 2 is 1.46 bits per heavy atom. The molecule has 0 saturated carbocycles. The van der Waals surface area contributed by atoms with Gasteiger partial charge in [0, 0.05) is 38.1 Å². The van der Waals surface area contributed by atoms with Gasteiger partial charge in [0.25, 0.3) is 0 Å². The minimum atomic E-state index is 0.406. The maximum atomic E-state index is 12.7. The van der Waals surface area contributed by atoms with Crippen molar-refractivity contribution in [3.8, 4) is 0 Å². The normalized spacial score (nSPS) is 25.2. The smallest absolute Gasteiger partial charge is 0.222 e. The number of rotatable bonds is 6. The molecule has 3 fully saturated rings. The summed E-state index contributed by atoms with van der Waals surface area (Å²) in [6, 6.07) is 1.30. The minimum absolute atomic E-state index is 0.406. The van der Waals surface area contributed by atoms with E-state index in [1.165, 1.54) is 45.3 Å². The fraction of sp³-hybridized carbons (Fsp3) is 0.952. The molecule has 0 bridgehead atoms. The van der Waals surface area contributed by atoms with Crippen LogP contribution in [0.1, 0.15) is 46.0 Å². The third kappa shape index (κ3) is 5.20. The van der Waals surface area contributed by atoms with Gasteiger partial charge in [0.05, 0.1) is 0 Å². The highest BCUT2D eigenvalue weighted by Gasteiger charge is 2.39. The van der Waals surface area contributed by atoms with Gasteiger partial charge in [-0.25, -0.2) is 0 Å². The monoisotopic (exact) mass is 364 g/mol. The van der Waals surface area contributed by atoms with Crippen LogP contribution in [-0.4, -0.2) is 97.5 Å². The van der Waals surface area contributed by atoms with Crippen LogP contribution in [0.15, 0.2) is 0 Å². The third-order valence-electron chi connectivity index (χ3n) is 6.72. The van der Waals surface area contributed by atoms with Crippen LogP contribution in [0, 0.1) is 11.8 Å². The molecule has 3 saturated heterocycles. The second-order valence-corrected chi connectivity index (χ2v) is 9.53. The fourth-order valence-corrected chi connectivity index (χ4v) is 4.86. The van der Waals surface area contributed by atoms with Crippen molar-refractivity contribution in [1.82, 2.24) is 19.6 Å². The van der Waals surface area contributed by atoms with E-state index in [4.69, 9.17) is 0 Å². The standard InChI is InChI=1S/C21H40N4O/c1-17(2)14-25(19-7-11-23(4)12-8-19)20-15-24(16-20)21(26)13-18-5-9-22(3)10-6-18/h17-20H,5-16H2,1-4H3. The van der Waals surface area contributed by atoms with Gasteiger partial charge in [-0.05, 0) is 77.8 Å².